The molecular formula is C36H41NO8. The minimum absolute atomic E-state index is 0.0108. The van der Waals surface area contributed by atoms with Crippen LogP contribution in [0, 0.1) is 0 Å². The second kappa shape index (κ2) is 15.3. The summed E-state index contributed by atoms with van der Waals surface area (Å²) in [6.45, 7) is 9.77. The number of alkyl carbamates (subject to hydrolysis) is 1. The van der Waals surface area contributed by atoms with E-state index in [1.54, 1.807) is 0 Å². The minimum Gasteiger partial charge on any atom is -0.489 e. The summed E-state index contributed by atoms with van der Waals surface area (Å²) in [7, 11) is 0. The predicted octanol–water partition coefficient (Wildman–Crippen LogP) is 7.65. The number of fused-ring (bicyclic) bond motifs is 1. The zero-order valence-corrected chi connectivity index (χ0v) is 26.6. The molecule has 0 fully saturated rings. The van der Waals surface area contributed by atoms with Crippen LogP contribution in [0.4, 0.5) is 4.79 Å². The van der Waals surface area contributed by atoms with Gasteiger partial charge in [-0.05, 0) is 74.2 Å². The fourth-order valence-electron chi connectivity index (χ4n) is 4.64. The van der Waals surface area contributed by atoms with E-state index in [2.05, 4.69) is 5.32 Å². The van der Waals surface area contributed by atoms with E-state index in [0.717, 1.165) is 46.0 Å². The Balaban J connectivity index is 1.60. The Morgan fingerprint density at radius 2 is 1.69 bits per heavy atom. The number of para-hydroxylation sites is 1. The number of ether oxygens (including phenoxy) is 4. The number of rotatable bonds is 13. The summed E-state index contributed by atoms with van der Waals surface area (Å²) in [5.74, 6) is 0.421. The second-order valence-electron chi connectivity index (χ2n) is 11.8. The van der Waals surface area contributed by atoms with E-state index in [1.807, 2.05) is 94.4 Å². The molecule has 3 aromatic carbocycles. The third kappa shape index (κ3) is 10.1. The summed E-state index contributed by atoms with van der Waals surface area (Å²) in [6, 6.07) is 21.0. The molecule has 0 radical (unpaired) electrons. The highest BCUT2D eigenvalue weighted by Gasteiger charge is 2.17. The largest absolute Gasteiger partial charge is 0.489 e. The molecule has 1 aromatic heterocycles. The average Bonchev–Trinajstić information content (AvgIpc) is 3.41. The van der Waals surface area contributed by atoms with E-state index in [0.29, 0.717) is 23.7 Å². The van der Waals surface area contributed by atoms with Crippen LogP contribution in [0.1, 0.15) is 69.9 Å². The van der Waals surface area contributed by atoms with E-state index in [-0.39, 0.29) is 32.1 Å². The van der Waals surface area contributed by atoms with Crippen LogP contribution in [-0.2, 0) is 50.0 Å². The number of nitrogens with one attached hydrogen (secondary N) is 1. The van der Waals surface area contributed by atoms with Gasteiger partial charge in [0.1, 0.15) is 35.9 Å². The first-order valence-electron chi connectivity index (χ1n) is 15.1. The molecule has 0 aliphatic heterocycles. The minimum atomic E-state index is -0.596. The van der Waals surface area contributed by atoms with E-state index in [4.69, 9.17) is 23.4 Å². The van der Waals surface area contributed by atoms with Gasteiger partial charge in [-0.2, -0.15) is 0 Å². The van der Waals surface area contributed by atoms with Crippen LogP contribution in [0.3, 0.4) is 0 Å². The van der Waals surface area contributed by atoms with Gasteiger partial charge >= 0.3 is 18.0 Å². The fraction of sp³-hybridized carbons (Fsp3) is 0.361. The molecule has 1 heterocycles. The molecule has 1 amide bonds. The molecule has 0 spiro atoms. The van der Waals surface area contributed by atoms with E-state index < -0.39 is 17.7 Å². The topological polar surface area (TPSA) is 113 Å². The summed E-state index contributed by atoms with van der Waals surface area (Å²) in [4.78, 5) is 36.0. The second-order valence-corrected chi connectivity index (χ2v) is 11.8. The van der Waals surface area contributed by atoms with Crippen LogP contribution in [0.5, 0.6) is 5.75 Å². The molecule has 238 valence electrons. The Bertz CT molecular complexity index is 1630. The Hall–Kier alpha value is -4.79. The molecule has 0 bridgehead atoms. The summed E-state index contributed by atoms with van der Waals surface area (Å²) >= 11 is 0. The van der Waals surface area contributed by atoms with Crippen LogP contribution in [0.25, 0.3) is 22.1 Å². The van der Waals surface area contributed by atoms with Gasteiger partial charge in [0.15, 0.2) is 0 Å². The van der Waals surface area contributed by atoms with Gasteiger partial charge in [0.05, 0.1) is 13.0 Å². The van der Waals surface area contributed by atoms with Crippen molar-refractivity contribution in [3.05, 3.63) is 89.2 Å². The number of carbonyl (C=O) groups excluding carboxylic acids is 3. The standard InChI is InChI=1S/C36H41NO8/c1-6-7-15-41-33(39)20-28-12-8-9-14-32(28)43-22-26-17-29-19-30(23-42-24(2)38)44-34(29)31(18-26)27-13-10-11-25(16-27)21-37-35(40)45-36(3,4)5/h8-14,16-19H,6-7,15,20-23H2,1-5H3,(H,37,40). The number of unbranched alkanes of at least 4 members (excludes halogenated alkanes) is 1. The molecule has 0 unspecified atom stereocenters. The van der Waals surface area contributed by atoms with Crippen LogP contribution >= 0.6 is 0 Å². The Kier molecular flexibility index (Phi) is 11.2. The van der Waals surface area contributed by atoms with Gasteiger partial charge in [-0.3, -0.25) is 9.59 Å². The van der Waals surface area contributed by atoms with Crippen molar-refractivity contribution in [1.82, 2.24) is 5.32 Å². The summed E-state index contributed by atoms with van der Waals surface area (Å²) in [5.41, 5.74) is 4.21. The van der Waals surface area contributed by atoms with E-state index >= 15 is 0 Å². The van der Waals surface area contributed by atoms with Crippen LogP contribution < -0.4 is 10.1 Å². The first-order valence-corrected chi connectivity index (χ1v) is 15.1. The van der Waals surface area contributed by atoms with Crippen molar-refractivity contribution in [3.63, 3.8) is 0 Å². The molecule has 0 aliphatic carbocycles. The lowest BCUT2D eigenvalue weighted by Crippen LogP contribution is -2.32. The fourth-order valence-corrected chi connectivity index (χ4v) is 4.64. The Morgan fingerprint density at radius 1 is 0.889 bits per heavy atom. The molecule has 1 N–H and O–H groups in total. The Morgan fingerprint density at radius 3 is 2.44 bits per heavy atom. The number of benzene rings is 3. The molecule has 4 aromatic rings. The maximum atomic E-state index is 12.4. The summed E-state index contributed by atoms with van der Waals surface area (Å²) in [6.07, 6.45) is 1.41. The number of hydrogen-bond acceptors (Lipinski definition) is 8. The van der Waals surface area contributed by atoms with Crippen molar-refractivity contribution >= 4 is 29.0 Å². The van der Waals surface area contributed by atoms with Crippen molar-refractivity contribution in [2.45, 2.75) is 79.2 Å². The van der Waals surface area contributed by atoms with Gasteiger partial charge in [0.25, 0.3) is 0 Å². The van der Waals surface area contributed by atoms with Crippen molar-refractivity contribution in [2.75, 3.05) is 6.61 Å². The highest BCUT2D eigenvalue weighted by Crippen LogP contribution is 2.34. The lowest BCUT2D eigenvalue weighted by molar-refractivity contribution is -0.143. The van der Waals surface area contributed by atoms with Gasteiger partial charge in [0.2, 0.25) is 0 Å². The summed E-state index contributed by atoms with van der Waals surface area (Å²) < 4.78 is 28.3. The number of esters is 2. The zero-order chi connectivity index (χ0) is 32.4. The molecular weight excluding hydrogens is 574 g/mol. The van der Waals surface area contributed by atoms with Crippen molar-refractivity contribution < 1.29 is 37.7 Å². The highest BCUT2D eigenvalue weighted by molar-refractivity contribution is 5.93. The normalized spacial score (nSPS) is 11.2. The van der Waals surface area contributed by atoms with Crippen molar-refractivity contribution in [1.29, 1.82) is 0 Å². The van der Waals surface area contributed by atoms with Crippen LogP contribution in [-0.4, -0.2) is 30.2 Å². The third-order valence-corrected chi connectivity index (χ3v) is 6.68. The molecule has 45 heavy (non-hydrogen) atoms. The van der Waals surface area contributed by atoms with Gasteiger partial charge < -0.3 is 28.7 Å². The van der Waals surface area contributed by atoms with E-state index in [1.165, 1.54) is 6.92 Å². The van der Waals surface area contributed by atoms with Gasteiger partial charge in [-0.1, -0.05) is 49.7 Å². The SMILES string of the molecule is CCCCOC(=O)Cc1ccccc1OCc1cc(-c2cccc(CNC(=O)OC(C)(C)C)c2)c2oc(COC(C)=O)cc2c1. The predicted molar refractivity (Wildman–Crippen MR) is 171 cm³/mol. The molecule has 0 atom stereocenters. The van der Waals surface area contributed by atoms with Gasteiger partial charge in [0, 0.05) is 30.0 Å². The Labute approximate surface area is 263 Å². The van der Waals surface area contributed by atoms with Crippen molar-refractivity contribution in [3.8, 4) is 16.9 Å². The maximum Gasteiger partial charge on any atom is 0.407 e. The highest BCUT2D eigenvalue weighted by atomic mass is 16.6. The quantitative estimate of drug-likeness (QED) is 0.0927. The number of carbonyl (C=O) groups is 3. The molecule has 4 rings (SSSR count). The lowest BCUT2D eigenvalue weighted by atomic mass is 9.99. The first-order chi connectivity index (χ1) is 21.5. The van der Waals surface area contributed by atoms with Gasteiger partial charge in [-0.25, -0.2) is 4.79 Å². The maximum absolute atomic E-state index is 12.4. The zero-order valence-electron chi connectivity index (χ0n) is 26.6. The van der Waals surface area contributed by atoms with Crippen molar-refractivity contribution in [2.24, 2.45) is 0 Å². The third-order valence-electron chi connectivity index (χ3n) is 6.68. The smallest absolute Gasteiger partial charge is 0.407 e. The number of hydrogen-bond donors (Lipinski definition) is 1. The molecule has 9 nitrogen and oxygen atoms in total. The molecule has 0 aliphatic rings. The molecule has 9 heteroatoms. The summed E-state index contributed by atoms with van der Waals surface area (Å²) in [5, 5.41) is 3.62. The lowest BCUT2D eigenvalue weighted by Gasteiger charge is -2.19. The number of furan rings is 1. The van der Waals surface area contributed by atoms with Crippen LogP contribution in [0.2, 0.25) is 0 Å². The number of amides is 1. The molecule has 0 saturated carbocycles. The first kappa shape index (κ1) is 33.1. The molecule has 0 saturated heterocycles. The van der Waals surface area contributed by atoms with E-state index in [9.17, 15) is 14.4 Å². The monoisotopic (exact) mass is 615 g/mol. The van der Waals surface area contributed by atoms with Crippen LogP contribution in [0.15, 0.2) is 71.1 Å². The van der Waals surface area contributed by atoms with Gasteiger partial charge in [-0.15, -0.1) is 0 Å². The average molecular weight is 616 g/mol.